The standard InChI is InChI=1S/C22H28N2O2/c1-5-22-23-19-8-6-7-9-20(19)24(22)13-17(25)14-26-21-12-16(4)10-11-18(21)15(2)3/h6-12,15,17,25H,5,13-14H2,1-4H3/p+1. The average molecular weight is 353 g/mol. The number of para-hydroxylation sites is 2. The molecule has 0 aliphatic rings. The number of benzene rings is 2. The predicted octanol–water partition coefficient (Wildman–Crippen LogP) is 3.89. The molecule has 0 fully saturated rings. The molecule has 2 aromatic carbocycles. The number of rotatable bonds is 7. The third kappa shape index (κ3) is 3.91. The average Bonchev–Trinajstić information content (AvgIpc) is 2.97. The molecule has 1 unspecified atom stereocenters. The summed E-state index contributed by atoms with van der Waals surface area (Å²) in [7, 11) is 0. The molecule has 0 bridgehead atoms. The van der Waals surface area contributed by atoms with Gasteiger partial charge in [-0.2, -0.15) is 0 Å². The van der Waals surface area contributed by atoms with Crippen molar-refractivity contribution in [1.29, 1.82) is 0 Å². The summed E-state index contributed by atoms with van der Waals surface area (Å²) in [5.74, 6) is 2.37. The van der Waals surface area contributed by atoms with Gasteiger partial charge < -0.3 is 9.84 Å². The minimum atomic E-state index is -0.579. The molecule has 2 N–H and O–H groups in total. The van der Waals surface area contributed by atoms with Gasteiger partial charge >= 0.3 is 0 Å². The third-order valence-corrected chi connectivity index (χ3v) is 4.75. The molecule has 26 heavy (non-hydrogen) atoms. The van der Waals surface area contributed by atoms with E-state index >= 15 is 0 Å². The number of aromatic nitrogens is 2. The first-order valence-corrected chi connectivity index (χ1v) is 9.40. The summed E-state index contributed by atoms with van der Waals surface area (Å²) in [6, 6.07) is 14.5. The summed E-state index contributed by atoms with van der Waals surface area (Å²) in [6.45, 7) is 9.27. The molecule has 0 amide bonds. The summed E-state index contributed by atoms with van der Waals surface area (Å²) < 4.78 is 8.16. The number of nitrogens with one attached hydrogen (secondary N) is 1. The molecular weight excluding hydrogens is 324 g/mol. The molecule has 138 valence electrons. The van der Waals surface area contributed by atoms with Crippen LogP contribution in [0.25, 0.3) is 11.0 Å². The first-order chi connectivity index (χ1) is 12.5. The lowest BCUT2D eigenvalue weighted by molar-refractivity contribution is -0.685. The second-order valence-corrected chi connectivity index (χ2v) is 7.21. The number of aromatic amines is 1. The molecule has 0 radical (unpaired) electrons. The first kappa shape index (κ1) is 18.5. The van der Waals surface area contributed by atoms with Gasteiger partial charge in [0.25, 0.3) is 5.82 Å². The third-order valence-electron chi connectivity index (χ3n) is 4.75. The lowest BCUT2D eigenvalue weighted by Gasteiger charge is -2.17. The Balaban J connectivity index is 1.74. The Labute approximate surface area is 155 Å². The molecule has 3 rings (SSSR count). The Kier molecular flexibility index (Phi) is 5.62. The highest BCUT2D eigenvalue weighted by Gasteiger charge is 2.20. The lowest BCUT2D eigenvalue weighted by atomic mass is 10.0. The smallest absolute Gasteiger partial charge is 0.254 e. The Morgan fingerprint density at radius 2 is 1.92 bits per heavy atom. The fraction of sp³-hybridized carbons (Fsp3) is 0.409. The van der Waals surface area contributed by atoms with Crippen LogP contribution in [0.3, 0.4) is 0 Å². The van der Waals surface area contributed by atoms with Crippen LogP contribution in [0.5, 0.6) is 5.75 Å². The maximum Gasteiger partial charge on any atom is 0.254 e. The second-order valence-electron chi connectivity index (χ2n) is 7.21. The van der Waals surface area contributed by atoms with Crippen LogP contribution in [-0.2, 0) is 13.0 Å². The number of fused-ring (bicyclic) bond motifs is 1. The highest BCUT2D eigenvalue weighted by Crippen LogP contribution is 2.27. The van der Waals surface area contributed by atoms with Crippen LogP contribution in [0.15, 0.2) is 42.5 Å². The SMILES string of the molecule is CCc1[nH]c2ccccc2[n+]1CC(O)COc1cc(C)ccc1C(C)C. The van der Waals surface area contributed by atoms with Gasteiger partial charge in [0.2, 0.25) is 0 Å². The normalized spacial score (nSPS) is 12.7. The number of ether oxygens (including phenoxy) is 1. The summed E-state index contributed by atoms with van der Waals surface area (Å²) in [5, 5.41) is 10.6. The van der Waals surface area contributed by atoms with Gasteiger partial charge in [-0.25, -0.2) is 9.55 Å². The highest BCUT2D eigenvalue weighted by molar-refractivity contribution is 5.71. The Hall–Kier alpha value is -2.33. The minimum Gasteiger partial charge on any atom is -0.490 e. The molecule has 0 aliphatic heterocycles. The Morgan fingerprint density at radius 1 is 1.15 bits per heavy atom. The quantitative estimate of drug-likeness (QED) is 0.633. The van der Waals surface area contributed by atoms with Crippen LogP contribution < -0.4 is 9.30 Å². The van der Waals surface area contributed by atoms with E-state index < -0.39 is 6.10 Å². The molecule has 0 aliphatic carbocycles. The first-order valence-electron chi connectivity index (χ1n) is 9.40. The summed E-state index contributed by atoms with van der Waals surface area (Å²) in [5.41, 5.74) is 4.55. The van der Waals surface area contributed by atoms with Gasteiger partial charge in [-0.15, -0.1) is 0 Å². The van der Waals surface area contributed by atoms with Gasteiger partial charge in [-0.3, -0.25) is 0 Å². The molecule has 0 spiro atoms. The van der Waals surface area contributed by atoms with E-state index in [-0.39, 0.29) is 6.61 Å². The van der Waals surface area contributed by atoms with Gasteiger partial charge in [-0.1, -0.05) is 45.0 Å². The Morgan fingerprint density at radius 3 is 2.65 bits per heavy atom. The van der Waals surface area contributed by atoms with E-state index in [1.54, 1.807) is 0 Å². The molecule has 3 aromatic rings. The van der Waals surface area contributed by atoms with Crippen molar-refractivity contribution in [3.05, 3.63) is 59.4 Å². The number of hydrogen-bond acceptors (Lipinski definition) is 2. The summed E-state index contributed by atoms with van der Waals surface area (Å²) in [4.78, 5) is 3.44. The van der Waals surface area contributed by atoms with Crippen molar-refractivity contribution in [2.24, 2.45) is 0 Å². The zero-order valence-electron chi connectivity index (χ0n) is 16.1. The van der Waals surface area contributed by atoms with Crippen LogP contribution in [0.4, 0.5) is 0 Å². The second kappa shape index (κ2) is 7.92. The monoisotopic (exact) mass is 353 g/mol. The van der Waals surface area contributed by atoms with Gasteiger partial charge in [0.05, 0.1) is 0 Å². The van der Waals surface area contributed by atoms with Crippen molar-refractivity contribution in [1.82, 2.24) is 4.98 Å². The van der Waals surface area contributed by atoms with Gasteiger partial charge in [0, 0.05) is 6.42 Å². The number of hydrogen-bond donors (Lipinski definition) is 2. The van der Waals surface area contributed by atoms with E-state index in [1.165, 1.54) is 5.56 Å². The summed E-state index contributed by atoms with van der Waals surface area (Å²) in [6.07, 6.45) is 0.308. The van der Waals surface area contributed by atoms with E-state index in [1.807, 2.05) is 12.1 Å². The maximum atomic E-state index is 10.6. The van der Waals surface area contributed by atoms with Crippen LogP contribution >= 0.6 is 0 Å². The molecule has 1 atom stereocenters. The van der Waals surface area contributed by atoms with Crippen LogP contribution in [-0.4, -0.2) is 22.8 Å². The zero-order chi connectivity index (χ0) is 18.7. The fourth-order valence-electron chi connectivity index (χ4n) is 3.36. The molecule has 4 nitrogen and oxygen atoms in total. The van der Waals surface area contributed by atoms with Crippen molar-refractivity contribution in [3.8, 4) is 5.75 Å². The molecular formula is C22H29N2O2+. The topological polar surface area (TPSA) is 49.1 Å². The molecule has 0 saturated heterocycles. The molecule has 0 saturated carbocycles. The van der Waals surface area contributed by atoms with E-state index in [0.717, 1.165) is 34.6 Å². The highest BCUT2D eigenvalue weighted by atomic mass is 16.5. The number of imidazole rings is 1. The zero-order valence-corrected chi connectivity index (χ0v) is 16.1. The molecule has 4 heteroatoms. The van der Waals surface area contributed by atoms with E-state index in [0.29, 0.717) is 12.5 Å². The molecule has 1 heterocycles. The van der Waals surface area contributed by atoms with Crippen molar-refractivity contribution in [2.45, 2.75) is 52.7 Å². The van der Waals surface area contributed by atoms with E-state index in [2.05, 4.69) is 67.6 Å². The van der Waals surface area contributed by atoms with Crippen LogP contribution in [0, 0.1) is 6.92 Å². The van der Waals surface area contributed by atoms with Crippen LogP contribution in [0.1, 0.15) is 43.6 Å². The maximum absolute atomic E-state index is 10.6. The van der Waals surface area contributed by atoms with Crippen molar-refractivity contribution in [2.75, 3.05) is 6.61 Å². The van der Waals surface area contributed by atoms with E-state index in [9.17, 15) is 5.11 Å². The molecule has 1 aromatic heterocycles. The number of aryl methyl sites for hydroxylation is 2. The number of aliphatic hydroxyl groups is 1. The van der Waals surface area contributed by atoms with Crippen molar-refractivity contribution >= 4 is 11.0 Å². The number of aliphatic hydroxyl groups excluding tert-OH is 1. The van der Waals surface area contributed by atoms with Gasteiger partial charge in [-0.05, 0) is 42.2 Å². The fourth-order valence-corrected chi connectivity index (χ4v) is 3.36. The number of H-pyrrole nitrogens is 1. The largest absolute Gasteiger partial charge is 0.490 e. The Bertz CT molecular complexity index is 883. The van der Waals surface area contributed by atoms with E-state index in [4.69, 9.17) is 4.74 Å². The summed E-state index contributed by atoms with van der Waals surface area (Å²) >= 11 is 0. The number of nitrogens with zero attached hydrogens (tertiary/aromatic N) is 1. The minimum absolute atomic E-state index is 0.277. The van der Waals surface area contributed by atoms with Gasteiger partial charge in [0.1, 0.15) is 25.0 Å². The predicted molar refractivity (Wildman–Crippen MR) is 105 cm³/mol. The van der Waals surface area contributed by atoms with Crippen molar-refractivity contribution < 1.29 is 14.4 Å². The lowest BCUT2D eigenvalue weighted by Crippen LogP contribution is -2.44. The van der Waals surface area contributed by atoms with Crippen LogP contribution in [0.2, 0.25) is 0 Å². The van der Waals surface area contributed by atoms with Gasteiger partial charge in [0.15, 0.2) is 11.0 Å². The van der Waals surface area contributed by atoms with Crippen molar-refractivity contribution in [3.63, 3.8) is 0 Å².